The molecule has 1 aromatic heterocycles. The lowest BCUT2D eigenvalue weighted by atomic mass is 9.95. The molecule has 1 N–H and O–H groups in total. The average Bonchev–Trinajstić information content (AvgIpc) is 3.26. The molecule has 1 aliphatic heterocycles. The first-order valence-corrected chi connectivity index (χ1v) is 12.9. The molecule has 0 spiro atoms. The summed E-state index contributed by atoms with van der Waals surface area (Å²) < 4.78 is 57.3. The van der Waals surface area contributed by atoms with E-state index < -0.39 is 24.0 Å². The fourth-order valence-corrected chi connectivity index (χ4v) is 4.89. The number of alkyl halides is 3. The van der Waals surface area contributed by atoms with E-state index in [1.807, 2.05) is 60.0 Å². The molecule has 2 amide bonds. The maximum Gasteiger partial charge on any atom is 0.573 e. The number of hydrogen-bond acceptors (Lipinski definition) is 5. The number of nitrogens with one attached hydrogen (secondary N) is 1. The van der Waals surface area contributed by atoms with Gasteiger partial charge in [0.15, 0.2) is 11.4 Å². The van der Waals surface area contributed by atoms with Crippen molar-refractivity contribution in [2.24, 2.45) is 0 Å². The summed E-state index contributed by atoms with van der Waals surface area (Å²) >= 11 is 2.19. The van der Waals surface area contributed by atoms with Crippen LogP contribution in [0.15, 0.2) is 66.7 Å². The minimum absolute atomic E-state index is 0.197. The molecule has 0 radical (unpaired) electrons. The zero-order valence-corrected chi connectivity index (χ0v) is 22.9. The number of carbonyl (C=O) groups is 2. The molecule has 4 aromatic rings. The molecule has 7 nitrogen and oxygen atoms in total. The molecule has 1 atom stereocenters. The number of aromatic nitrogens is 1. The van der Waals surface area contributed by atoms with E-state index in [0.717, 1.165) is 20.4 Å². The van der Waals surface area contributed by atoms with Crippen molar-refractivity contribution >= 4 is 45.5 Å². The van der Waals surface area contributed by atoms with Crippen LogP contribution in [0, 0.1) is 10.5 Å². The lowest BCUT2D eigenvalue weighted by molar-refractivity contribution is -0.274. The molecule has 0 unspecified atom stereocenters. The lowest BCUT2D eigenvalue weighted by Crippen LogP contribution is -2.38. The topological polar surface area (TPSA) is 78.8 Å². The quantitative estimate of drug-likeness (QED) is 0.221. The van der Waals surface area contributed by atoms with Gasteiger partial charge in [0.25, 0.3) is 5.91 Å². The predicted octanol–water partition coefficient (Wildman–Crippen LogP) is 6.86. The Hall–Kier alpha value is -3.74. The average molecular weight is 650 g/mol. The van der Waals surface area contributed by atoms with Gasteiger partial charge in [0, 0.05) is 28.0 Å². The number of rotatable bonds is 7. The summed E-state index contributed by atoms with van der Waals surface area (Å²) in [5, 5.41) is 2.78. The van der Waals surface area contributed by atoms with Crippen molar-refractivity contribution in [2.45, 2.75) is 38.8 Å². The molecule has 0 aliphatic carbocycles. The van der Waals surface area contributed by atoms with Crippen LogP contribution >= 0.6 is 22.6 Å². The third-order valence-electron chi connectivity index (χ3n) is 6.42. The molecule has 5 rings (SSSR count). The normalized spacial score (nSPS) is 17.3. The van der Waals surface area contributed by atoms with Gasteiger partial charge in [-0.2, -0.15) is 0 Å². The zero-order chi connectivity index (χ0) is 27.9. The Morgan fingerprint density at radius 2 is 1.62 bits per heavy atom. The second-order valence-corrected chi connectivity index (χ2v) is 10.6. The van der Waals surface area contributed by atoms with Gasteiger partial charge in [-0.1, -0.05) is 24.3 Å². The highest BCUT2D eigenvalue weighted by Crippen LogP contribution is 2.39. The summed E-state index contributed by atoms with van der Waals surface area (Å²) in [6.07, 6.45) is -5.40. The van der Waals surface area contributed by atoms with Gasteiger partial charge in [-0.15, -0.1) is 13.2 Å². The summed E-state index contributed by atoms with van der Waals surface area (Å²) in [6, 6.07) is 19.0. The second-order valence-electron chi connectivity index (χ2n) is 9.35. The van der Waals surface area contributed by atoms with Crippen LogP contribution in [-0.2, 0) is 22.5 Å². The van der Waals surface area contributed by atoms with Crippen molar-refractivity contribution < 1.29 is 37.0 Å². The van der Waals surface area contributed by atoms with Crippen molar-refractivity contribution in [2.75, 3.05) is 0 Å². The standard InChI is InChI=1S/C28H22F3IN2O5/c1-16-24(37-20-9-7-19(32)8-10-20)22-12-11-21(38-28(29,30)31)13-23(22)34(16)15-18-5-3-17(4-6-18)14-27(2)25(35)33-26(36)39-27/h3-13H,14-15H2,1-2H3,(H,33,35,36)/t27-/m1/s1. The van der Waals surface area contributed by atoms with Crippen LogP contribution in [0.3, 0.4) is 0 Å². The molecule has 1 fully saturated rings. The summed E-state index contributed by atoms with van der Waals surface area (Å²) in [5.74, 6) is 0.303. The zero-order valence-electron chi connectivity index (χ0n) is 20.8. The van der Waals surface area contributed by atoms with E-state index >= 15 is 0 Å². The number of fused-ring (bicyclic) bond motifs is 1. The van der Waals surface area contributed by atoms with E-state index in [4.69, 9.17) is 9.47 Å². The van der Waals surface area contributed by atoms with Crippen LogP contribution < -0.4 is 14.8 Å². The van der Waals surface area contributed by atoms with Crippen LogP contribution in [-0.4, -0.2) is 28.5 Å². The van der Waals surface area contributed by atoms with Crippen molar-refractivity contribution in [3.63, 3.8) is 0 Å². The van der Waals surface area contributed by atoms with E-state index in [-0.39, 0.29) is 12.2 Å². The fraction of sp³-hybridized carbons (Fsp3) is 0.214. The second kappa shape index (κ2) is 10.1. The highest BCUT2D eigenvalue weighted by molar-refractivity contribution is 14.1. The molecule has 39 heavy (non-hydrogen) atoms. The SMILES string of the molecule is Cc1c(Oc2ccc(I)cc2)c2ccc(OC(F)(F)F)cc2n1Cc1ccc(C[C@@]2(C)OC(=O)NC2=O)cc1. The largest absolute Gasteiger partial charge is 0.573 e. The van der Waals surface area contributed by atoms with Crippen molar-refractivity contribution in [3.8, 4) is 17.2 Å². The van der Waals surface area contributed by atoms with Crippen molar-refractivity contribution in [1.82, 2.24) is 9.88 Å². The van der Waals surface area contributed by atoms with Crippen LogP contribution in [0.1, 0.15) is 23.7 Å². The summed E-state index contributed by atoms with van der Waals surface area (Å²) in [6.45, 7) is 3.72. The van der Waals surface area contributed by atoms with Gasteiger partial charge in [0.05, 0.1) is 11.2 Å². The number of hydrogen-bond donors (Lipinski definition) is 1. The van der Waals surface area contributed by atoms with E-state index in [2.05, 4.69) is 32.6 Å². The number of alkyl carbamates (subject to hydrolysis) is 1. The van der Waals surface area contributed by atoms with Gasteiger partial charge in [-0.3, -0.25) is 10.1 Å². The Bertz CT molecular complexity index is 1570. The fourth-order valence-electron chi connectivity index (χ4n) is 4.53. The third kappa shape index (κ3) is 5.82. The van der Waals surface area contributed by atoms with Gasteiger partial charge >= 0.3 is 12.5 Å². The van der Waals surface area contributed by atoms with Crippen LogP contribution in [0.25, 0.3) is 10.9 Å². The third-order valence-corrected chi connectivity index (χ3v) is 7.14. The molecular formula is C28H22F3IN2O5. The first-order chi connectivity index (χ1) is 18.4. The minimum atomic E-state index is -4.82. The first kappa shape index (κ1) is 26.9. The van der Waals surface area contributed by atoms with Crippen LogP contribution in [0.4, 0.5) is 18.0 Å². The van der Waals surface area contributed by atoms with Gasteiger partial charge in [0.1, 0.15) is 11.5 Å². The molecule has 1 saturated heterocycles. The Balaban J connectivity index is 1.47. The summed E-state index contributed by atoms with van der Waals surface area (Å²) in [5.41, 5.74) is 1.59. The number of nitrogens with zero attached hydrogens (tertiary/aromatic N) is 1. The van der Waals surface area contributed by atoms with E-state index in [9.17, 15) is 22.8 Å². The molecular weight excluding hydrogens is 628 g/mol. The molecule has 202 valence electrons. The van der Waals surface area contributed by atoms with Gasteiger partial charge in [-0.05, 0) is 84.0 Å². The summed E-state index contributed by atoms with van der Waals surface area (Å²) in [4.78, 5) is 23.5. The monoisotopic (exact) mass is 650 g/mol. The highest BCUT2D eigenvalue weighted by atomic mass is 127. The number of carbonyl (C=O) groups excluding carboxylic acids is 2. The number of imide groups is 1. The van der Waals surface area contributed by atoms with Crippen molar-refractivity contribution in [3.05, 3.63) is 87.1 Å². The molecule has 0 saturated carbocycles. The predicted molar refractivity (Wildman–Crippen MR) is 145 cm³/mol. The lowest BCUT2D eigenvalue weighted by Gasteiger charge is -2.19. The van der Waals surface area contributed by atoms with E-state index in [0.29, 0.717) is 28.9 Å². The Kier molecular flexibility index (Phi) is 6.95. The maximum absolute atomic E-state index is 12.9. The summed E-state index contributed by atoms with van der Waals surface area (Å²) in [7, 11) is 0. The Morgan fingerprint density at radius 3 is 2.23 bits per heavy atom. The van der Waals surface area contributed by atoms with Gasteiger partial charge in [0.2, 0.25) is 0 Å². The van der Waals surface area contributed by atoms with Gasteiger partial charge < -0.3 is 18.8 Å². The number of cyclic esters (lactones) is 1. The van der Waals surface area contributed by atoms with Crippen molar-refractivity contribution in [1.29, 1.82) is 0 Å². The smallest absolute Gasteiger partial charge is 0.455 e. The van der Waals surface area contributed by atoms with Crippen LogP contribution in [0.2, 0.25) is 0 Å². The first-order valence-electron chi connectivity index (χ1n) is 11.8. The maximum atomic E-state index is 12.9. The molecule has 0 bridgehead atoms. The Labute approximate surface area is 235 Å². The van der Waals surface area contributed by atoms with Gasteiger partial charge in [-0.25, -0.2) is 4.79 Å². The highest BCUT2D eigenvalue weighted by Gasteiger charge is 2.44. The minimum Gasteiger partial charge on any atom is -0.455 e. The van der Waals surface area contributed by atoms with Crippen LogP contribution in [0.5, 0.6) is 17.2 Å². The Morgan fingerprint density at radius 1 is 0.974 bits per heavy atom. The molecule has 3 aromatic carbocycles. The van der Waals surface area contributed by atoms with E-state index in [1.54, 1.807) is 13.0 Å². The molecule has 2 heterocycles. The number of halogens is 4. The van der Waals surface area contributed by atoms with E-state index in [1.165, 1.54) is 12.1 Å². The molecule has 1 aliphatic rings. The number of benzene rings is 3. The molecule has 11 heteroatoms. The number of ether oxygens (including phenoxy) is 3. The number of amides is 2.